The smallest absolute Gasteiger partial charge is 0.124 e. The van der Waals surface area contributed by atoms with Crippen LogP contribution in [-0.4, -0.2) is 25.3 Å². The standard InChI is InChI=1S/C12H18ClNO2/c1-3-14-7-6-11(15)10-8-9(13)4-5-12(10)16-2/h4-5,8,11,14-15H,3,6-7H2,1-2H3. The highest BCUT2D eigenvalue weighted by atomic mass is 35.5. The highest BCUT2D eigenvalue weighted by Crippen LogP contribution is 2.29. The summed E-state index contributed by atoms with van der Waals surface area (Å²) in [6.45, 7) is 3.71. The SMILES string of the molecule is CCNCCC(O)c1cc(Cl)ccc1OC. The van der Waals surface area contributed by atoms with Gasteiger partial charge < -0.3 is 15.2 Å². The molecule has 1 atom stereocenters. The third-order valence-corrected chi connectivity index (χ3v) is 2.63. The van der Waals surface area contributed by atoms with Crippen LogP contribution in [0, 0.1) is 0 Å². The Hall–Kier alpha value is -0.770. The van der Waals surface area contributed by atoms with Crippen molar-refractivity contribution in [1.82, 2.24) is 5.32 Å². The van der Waals surface area contributed by atoms with Crippen LogP contribution in [0.25, 0.3) is 0 Å². The van der Waals surface area contributed by atoms with Crippen molar-refractivity contribution in [2.24, 2.45) is 0 Å². The molecule has 2 N–H and O–H groups in total. The molecule has 0 aromatic heterocycles. The van der Waals surface area contributed by atoms with Crippen LogP contribution in [-0.2, 0) is 0 Å². The van der Waals surface area contributed by atoms with E-state index in [9.17, 15) is 5.11 Å². The van der Waals surface area contributed by atoms with E-state index in [1.165, 1.54) is 0 Å². The van der Waals surface area contributed by atoms with Crippen molar-refractivity contribution in [3.05, 3.63) is 28.8 Å². The first-order chi connectivity index (χ1) is 7.69. The van der Waals surface area contributed by atoms with Crippen LogP contribution in [0.5, 0.6) is 5.75 Å². The average Bonchev–Trinajstić information content (AvgIpc) is 2.29. The van der Waals surface area contributed by atoms with Gasteiger partial charge in [0.05, 0.1) is 13.2 Å². The highest BCUT2D eigenvalue weighted by Gasteiger charge is 2.13. The number of benzene rings is 1. The van der Waals surface area contributed by atoms with E-state index in [1.807, 2.05) is 6.92 Å². The number of methoxy groups -OCH3 is 1. The molecule has 3 nitrogen and oxygen atoms in total. The number of aliphatic hydroxyl groups is 1. The predicted octanol–water partition coefficient (Wildman–Crippen LogP) is 2.38. The molecule has 0 bridgehead atoms. The van der Waals surface area contributed by atoms with Crippen molar-refractivity contribution in [2.75, 3.05) is 20.2 Å². The zero-order chi connectivity index (χ0) is 12.0. The third kappa shape index (κ3) is 3.67. The number of halogens is 1. The van der Waals surface area contributed by atoms with Gasteiger partial charge in [-0.3, -0.25) is 0 Å². The van der Waals surface area contributed by atoms with Crippen LogP contribution >= 0.6 is 11.6 Å². The summed E-state index contributed by atoms with van der Waals surface area (Å²) < 4.78 is 5.19. The first-order valence-corrected chi connectivity index (χ1v) is 5.79. The fourth-order valence-corrected chi connectivity index (χ4v) is 1.72. The molecule has 0 aliphatic heterocycles. The van der Waals surface area contributed by atoms with Gasteiger partial charge >= 0.3 is 0 Å². The van der Waals surface area contributed by atoms with E-state index in [4.69, 9.17) is 16.3 Å². The van der Waals surface area contributed by atoms with Gasteiger partial charge in [-0.1, -0.05) is 18.5 Å². The Balaban J connectivity index is 2.72. The summed E-state index contributed by atoms with van der Waals surface area (Å²) in [6.07, 6.45) is 0.0950. The quantitative estimate of drug-likeness (QED) is 0.754. The first-order valence-electron chi connectivity index (χ1n) is 5.41. The molecule has 0 aliphatic rings. The molecule has 0 amide bonds. The minimum Gasteiger partial charge on any atom is -0.496 e. The molecule has 0 saturated heterocycles. The summed E-state index contributed by atoms with van der Waals surface area (Å²) in [5, 5.41) is 13.8. The number of hydrogen-bond acceptors (Lipinski definition) is 3. The lowest BCUT2D eigenvalue weighted by atomic mass is 10.1. The molecule has 1 aromatic rings. The topological polar surface area (TPSA) is 41.5 Å². The van der Waals surface area contributed by atoms with Gasteiger partial charge in [0.1, 0.15) is 5.75 Å². The summed E-state index contributed by atoms with van der Waals surface area (Å²) in [5.41, 5.74) is 0.743. The van der Waals surface area contributed by atoms with Crippen molar-refractivity contribution in [2.45, 2.75) is 19.4 Å². The van der Waals surface area contributed by atoms with Crippen LogP contribution < -0.4 is 10.1 Å². The molecule has 16 heavy (non-hydrogen) atoms. The van der Waals surface area contributed by atoms with Crippen molar-refractivity contribution >= 4 is 11.6 Å². The number of rotatable bonds is 6. The van der Waals surface area contributed by atoms with Crippen LogP contribution in [0.3, 0.4) is 0 Å². The largest absolute Gasteiger partial charge is 0.496 e. The van der Waals surface area contributed by atoms with E-state index in [0.29, 0.717) is 17.2 Å². The molecule has 0 spiro atoms. The number of aliphatic hydroxyl groups excluding tert-OH is 1. The molecule has 0 heterocycles. The lowest BCUT2D eigenvalue weighted by molar-refractivity contribution is 0.163. The second-order valence-corrected chi connectivity index (χ2v) is 3.98. The van der Waals surface area contributed by atoms with Crippen LogP contribution in [0.15, 0.2) is 18.2 Å². The van der Waals surface area contributed by atoms with Gasteiger partial charge in [-0.15, -0.1) is 0 Å². The minimum absolute atomic E-state index is 0.548. The lowest BCUT2D eigenvalue weighted by Gasteiger charge is -2.15. The molecule has 4 heteroatoms. The molecular weight excluding hydrogens is 226 g/mol. The van der Waals surface area contributed by atoms with E-state index in [-0.39, 0.29) is 0 Å². The molecule has 0 aliphatic carbocycles. The zero-order valence-corrected chi connectivity index (χ0v) is 10.4. The minimum atomic E-state index is -0.548. The number of ether oxygens (including phenoxy) is 1. The van der Waals surface area contributed by atoms with E-state index in [2.05, 4.69) is 5.32 Å². The van der Waals surface area contributed by atoms with E-state index < -0.39 is 6.10 Å². The maximum absolute atomic E-state index is 10.0. The molecule has 0 fully saturated rings. The van der Waals surface area contributed by atoms with Gasteiger partial charge in [0, 0.05) is 10.6 Å². The predicted molar refractivity (Wildman–Crippen MR) is 66.1 cm³/mol. The number of hydrogen-bond donors (Lipinski definition) is 2. The molecule has 1 aromatic carbocycles. The van der Waals surface area contributed by atoms with Crippen LogP contribution in [0.2, 0.25) is 5.02 Å². The molecule has 1 unspecified atom stereocenters. The Morgan fingerprint density at radius 2 is 2.25 bits per heavy atom. The third-order valence-electron chi connectivity index (χ3n) is 2.40. The van der Waals surface area contributed by atoms with Gasteiger partial charge in [0.25, 0.3) is 0 Å². The fraction of sp³-hybridized carbons (Fsp3) is 0.500. The monoisotopic (exact) mass is 243 g/mol. The molecule has 0 radical (unpaired) electrons. The average molecular weight is 244 g/mol. The van der Waals surface area contributed by atoms with E-state index in [0.717, 1.165) is 18.7 Å². The second kappa shape index (κ2) is 6.74. The lowest BCUT2D eigenvalue weighted by Crippen LogP contribution is -2.17. The van der Waals surface area contributed by atoms with Gasteiger partial charge in [-0.05, 0) is 37.7 Å². The van der Waals surface area contributed by atoms with Gasteiger partial charge in [0.15, 0.2) is 0 Å². The van der Waals surface area contributed by atoms with E-state index >= 15 is 0 Å². The van der Waals surface area contributed by atoms with Crippen molar-refractivity contribution in [1.29, 1.82) is 0 Å². The summed E-state index contributed by atoms with van der Waals surface area (Å²) in [4.78, 5) is 0. The van der Waals surface area contributed by atoms with Gasteiger partial charge in [-0.25, -0.2) is 0 Å². The van der Waals surface area contributed by atoms with Crippen LogP contribution in [0.1, 0.15) is 25.0 Å². The highest BCUT2D eigenvalue weighted by molar-refractivity contribution is 6.30. The molecule has 90 valence electrons. The Kier molecular flexibility index (Phi) is 5.60. The van der Waals surface area contributed by atoms with Gasteiger partial charge in [0.2, 0.25) is 0 Å². The maximum Gasteiger partial charge on any atom is 0.124 e. The molecular formula is C12H18ClNO2. The normalized spacial score (nSPS) is 12.5. The van der Waals surface area contributed by atoms with Crippen LogP contribution in [0.4, 0.5) is 0 Å². The fourth-order valence-electron chi connectivity index (χ4n) is 1.54. The summed E-state index contributed by atoms with van der Waals surface area (Å²) in [6, 6.07) is 5.27. The van der Waals surface area contributed by atoms with Gasteiger partial charge in [-0.2, -0.15) is 0 Å². The Morgan fingerprint density at radius 3 is 2.88 bits per heavy atom. The Labute approximate surface area is 101 Å². The van der Waals surface area contributed by atoms with Crippen molar-refractivity contribution in [3.8, 4) is 5.75 Å². The van der Waals surface area contributed by atoms with E-state index in [1.54, 1.807) is 25.3 Å². The maximum atomic E-state index is 10.0. The van der Waals surface area contributed by atoms with Crippen molar-refractivity contribution in [3.63, 3.8) is 0 Å². The summed E-state index contributed by atoms with van der Waals surface area (Å²) in [5.74, 6) is 0.674. The first kappa shape index (κ1) is 13.3. The Bertz CT molecular complexity index is 331. The second-order valence-electron chi connectivity index (χ2n) is 3.54. The molecule has 0 saturated carbocycles. The van der Waals surface area contributed by atoms with Crippen molar-refractivity contribution < 1.29 is 9.84 Å². The summed E-state index contributed by atoms with van der Waals surface area (Å²) >= 11 is 5.90. The number of nitrogens with one attached hydrogen (secondary N) is 1. The Morgan fingerprint density at radius 1 is 1.50 bits per heavy atom. The zero-order valence-electron chi connectivity index (χ0n) is 9.66. The summed E-state index contributed by atoms with van der Waals surface area (Å²) in [7, 11) is 1.59. The molecule has 1 rings (SSSR count).